The SMILES string of the molecule is CC(C)CCCCCC(O)(CCCCCC(C)C)C(=O)[S-].CC(C)CCCCCC(O)(CCCCCC(C)C)C(=O)[S-].CCCCCCC[CH2][Sn+2][CH2]CCCCCCC. The third-order valence-corrected chi connectivity index (χ3v) is 16.5. The van der Waals surface area contributed by atoms with Crippen LogP contribution < -0.4 is 0 Å². The molecule has 0 amide bonds. The second kappa shape index (κ2) is 45.1. The predicted molar refractivity (Wildman–Crippen MR) is 268 cm³/mol. The number of hydrogen-bond acceptors (Lipinski definition) is 6. The third-order valence-electron chi connectivity index (χ3n) is 11.7. The topological polar surface area (TPSA) is 74.6 Å². The number of carbonyl (C=O) groups is 2. The van der Waals surface area contributed by atoms with Crippen LogP contribution in [0.1, 0.15) is 275 Å². The first-order chi connectivity index (χ1) is 28.0. The number of unbranched alkanes of at least 4 members (excludes halogenated alkanes) is 18. The van der Waals surface area contributed by atoms with Gasteiger partial charge in [0.1, 0.15) is 11.2 Å². The van der Waals surface area contributed by atoms with Crippen LogP contribution in [0.3, 0.4) is 0 Å². The van der Waals surface area contributed by atoms with E-state index in [0.717, 1.165) is 75.0 Å². The molecule has 0 saturated carbocycles. The Bertz CT molecular complexity index is 788. The van der Waals surface area contributed by atoms with E-state index in [1.807, 2.05) is 0 Å². The molecule has 4 nitrogen and oxygen atoms in total. The molecule has 0 fully saturated rings. The molecule has 352 valence electrons. The summed E-state index contributed by atoms with van der Waals surface area (Å²) < 4.78 is 3.31. The molecule has 0 aromatic heterocycles. The standard InChI is InChI=1S/2C18H36O2S.2C8H17.Sn/c2*1-15(2)11-7-5-9-13-18(20,17(19)21)14-10-6-8-12-16(3)4;2*1-3-5-7-8-6-4-2;/h2*15-16,20H,5-14H2,1-4H3,(H,19,21);2*1,3-8H2,2H3;/q;;;;+2/p-2. The van der Waals surface area contributed by atoms with Crippen LogP contribution in [0.25, 0.3) is 0 Å². The van der Waals surface area contributed by atoms with Crippen molar-refractivity contribution in [2.45, 2.75) is 295 Å². The summed E-state index contributed by atoms with van der Waals surface area (Å²) in [6.07, 6.45) is 37.5. The minimum absolute atomic E-state index is 0.0736. The zero-order valence-electron chi connectivity index (χ0n) is 41.4. The van der Waals surface area contributed by atoms with E-state index in [-0.39, 0.29) is 21.1 Å². The summed E-state index contributed by atoms with van der Waals surface area (Å²) in [4.78, 5) is 23.1. The molecule has 0 aliphatic heterocycles. The van der Waals surface area contributed by atoms with Crippen molar-refractivity contribution in [2.24, 2.45) is 23.7 Å². The van der Waals surface area contributed by atoms with Crippen LogP contribution in [0.4, 0.5) is 0 Å². The van der Waals surface area contributed by atoms with Crippen LogP contribution >= 0.6 is 0 Å². The fraction of sp³-hybridized carbons (Fsp3) is 0.962. The van der Waals surface area contributed by atoms with Gasteiger partial charge in [-0.15, -0.1) is 0 Å². The molecule has 0 aromatic carbocycles. The normalized spacial score (nSPS) is 11.8. The van der Waals surface area contributed by atoms with Gasteiger partial charge in [-0.3, -0.25) is 0 Å². The quantitative estimate of drug-likeness (QED) is 0.0362. The van der Waals surface area contributed by atoms with Crippen molar-refractivity contribution in [3.63, 3.8) is 0 Å². The first kappa shape index (κ1) is 63.8. The summed E-state index contributed by atoms with van der Waals surface area (Å²) in [5.41, 5.74) is -2.49. The van der Waals surface area contributed by atoms with Crippen LogP contribution in [-0.2, 0) is 34.8 Å². The van der Waals surface area contributed by atoms with E-state index >= 15 is 0 Å². The Kier molecular flexibility index (Phi) is 48.7. The van der Waals surface area contributed by atoms with Crippen LogP contribution in [-0.4, -0.2) is 52.8 Å². The van der Waals surface area contributed by atoms with Gasteiger partial charge < -0.3 is 45.1 Å². The van der Waals surface area contributed by atoms with E-state index in [1.54, 1.807) is 21.7 Å². The van der Waals surface area contributed by atoms with Gasteiger partial charge in [0.25, 0.3) is 0 Å². The van der Waals surface area contributed by atoms with E-state index in [4.69, 9.17) is 25.3 Å². The Morgan fingerprint density at radius 1 is 0.390 bits per heavy atom. The Morgan fingerprint density at radius 2 is 0.610 bits per heavy atom. The van der Waals surface area contributed by atoms with E-state index in [9.17, 15) is 19.8 Å². The Balaban J connectivity index is -0.000000803. The first-order valence-corrected chi connectivity index (χ1v) is 30.4. The molecule has 0 unspecified atom stereocenters. The molecule has 0 rings (SSSR count). The van der Waals surface area contributed by atoms with Crippen molar-refractivity contribution in [2.75, 3.05) is 0 Å². The second-order valence-corrected chi connectivity index (χ2v) is 24.9. The third kappa shape index (κ3) is 47.8. The van der Waals surface area contributed by atoms with Crippen molar-refractivity contribution in [1.29, 1.82) is 0 Å². The molecule has 0 saturated heterocycles. The maximum atomic E-state index is 11.6. The molecule has 59 heavy (non-hydrogen) atoms. The Hall–Kier alpha value is 0.499. The molecule has 0 aliphatic rings. The number of aliphatic hydroxyl groups is 2. The molecule has 0 radical (unpaired) electrons. The van der Waals surface area contributed by atoms with Gasteiger partial charge in [-0.1, -0.05) is 158 Å². The fourth-order valence-corrected chi connectivity index (χ4v) is 11.4. The summed E-state index contributed by atoms with van der Waals surface area (Å²) in [5, 5.41) is 20.0. The molecule has 7 heteroatoms. The van der Waals surface area contributed by atoms with Crippen molar-refractivity contribution in [1.82, 2.24) is 0 Å². The zero-order chi connectivity index (χ0) is 45.2. The molecule has 0 spiro atoms. The molecule has 2 N–H and O–H groups in total. The van der Waals surface area contributed by atoms with Crippen molar-refractivity contribution >= 4 is 56.6 Å². The molecule has 0 heterocycles. The summed E-state index contributed by atoms with van der Waals surface area (Å²) >= 11 is 9.60. The second-order valence-electron chi connectivity index (χ2n) is 19.9. The fourth-order valence-electron chi connectivity index (χ4n) is 7.43. The summed E-state index contributed by atoms with van der Waals surface area (Å²) in [7, 11) is 0. The van der Waals surface area contributed by atoms with E-state index in [2.05, 4.69) is 69.2 Å². The number of hydrogen-bond donors (Lipinski definition) is 2. The van der Waals surface area contributed by atoms with Gasteiger partial charge in [0.2, 0.25) is 0 Å². The van der Waals surface area contributed by atoms with Crippen molar-refractivity contribution in [3.05, 3.63) is 0 Å². The molecule has 0 bridgehead atoms. The zero-order valence-corrected chi connectivity index (χ0v) is 45.9. The molecular formula is C52H104O4S2Sn. The Morgan fingerprint density at radius 3 is 0.831 bits per heavy atom. The molecular weight excluding hydrogens is 871 g/mol. The molecule has 0 aromatic rings. The first-order valence-electron chi connectivity index (χ1n) is 25.6. The molecule has 0 aliphatic carbocycles. The maximum absolute atomic E-state index is 11.6. The minimum atomic E-state index is -1.25. The van der Waals surface area contributed by atoms with Gasteiger partial charge in [0.15, 0.2) is 0 Å². The van der Waals surface area contributed by atoms with Gasteiger partial charge in [-0.05, 0) is 49.4 Å². The summed E-state index contributed by atoms with van der Waals surface area (Å²) in [6, 6.07) is 0. The van der Waals surface area contributed by atoms with Crippen LogP contribution in [0.2, 0.25) is 8.87 Å². The van der Waals surface area contributed by atoms with Crippen LogP contribution in [0.15, 0.2) is 0 Å². The van der Waals surface area contributed by atoms with E-state index in [1.165, 1.54) is 116 Å². The Labute approximate surface area is 392 Å². The summed E-state index contributed by atoms with van der Waals surface area (Å²) in [5.74, 6) is 2.91. The van der Waals surface area contributed by atoms with Gasteiger partial charge in [0, 0.05) is 10.2 Å². The van der Waals surface area contributed by atoms with Gasteiger partial charge >= 0.3 is 121 Å². The summed E-state index contributed by atoms with van der Waals surface area (Å²) in [6.45, 7) is 22.4. The van der Waals surface area contributed by atoms with E-state index in [0.29, 0.717) is 25.7 Å². The van der Waals surface area contributed by atoms with Crippen molar-refractivity contribution in [3.8, 4) is 0 Å². The van der Waals surface area contributed by atoms with Gasteiger partial charge in [-0.25, -0.2) is 0 Å². The number of carbonyl (C=O) groups excluding carboxylic acids is 2. The van der Waals surface area contributed by atoms with Crippen LogP contribution in [0.5, 0.6) is 0 Å². The number of rotatable bonds is 40. The monoisotopic (exact) mass is 977 g/mol. The average molecular weight is 976 g/mol. The van der Waals surface area contributed by atoms with Gasteiger partial charge in [-0.2, -0.15) is 0 Å². The van der Waals surface area contributed by atoms with E-state index < -0.39 is 21.4 Å². The van der Waals surface area contributed by atoms with Gasteiger partial charge in [0.05, 0.1) is 0 Å². The predicted octanol–water partition coefficient (Wildman–Crippen LogP) is 16.3. The molecule has 0 atom stereocenters. The van der Waals surface area contributed by atoms with Crippen LogP contribution in [0, 0.1) is 23.7 Å². The average Bonchev–Trinajstić information content (AvgIpc) is 3.16. The van der Waals surface area contributed by atoms with Crippen molar-refractivity contribution < 1.29 is 19.8 Å².